The minimum absolute atomic E-state index is 0.150. The van der Waals surface area contributed by atoms with Gasteiger partial charge in [0.1, 0.15) is 6.04 Å². The summed E-state index contributed by atoms with van der Waals surface area (Å²) >= 11 is 0. The monoisotopic (exact) mass is 543 g/mol. The molecule has 6 rings (SSSR count). The molecule has 0 bridgehead atoms. The molecular formula is C30H37N7O3. The molecule has 1 aliphatic carbocycles. The standard InChI is InChI=1S/C30H37N7O3/c1-19-8-7-11-25(20(19)2)35-12-14-36(15-13-35)28(29-32-33-34-37(29)22-9-5-6-10-22)23-16-21-17-26(39-3)27(40-4)18-24(21)31-30(23)38/h7-8,11,16-18,22,28H,5-6,9-10,12-15H2,1-4H3,(H,31,38)/t28-/m1/s1. The average Bonchev–Trinajstić information content (AvgIpc) is 3.67. The normalized spacial score (nSPS) is 17.4. The molecule has 4 aromatic rings. The Morgan fingerprint density at radius 2 is 1.70 bits per heavy atom. The van der Waals surface area contributed by atoms with Crippen molar-refractivity contribution >= 4 is 16.6 Å². The molecule has 210 valence electrons. The lowest BCUT2D eigenvalue weighted by atomic mass is 10.0. The van der Waals surface area contributed by atoms with Crippen molar-refractivity contribution in [3.05, 3.63) is 69.3 Å². The van der Waals surface area contributed by atoms with Crippen LogP contribution in [0, 0.1) is 13.8 Å². The number of ether oxygens (including phenoxy) is 2. The second-order valence-corrected chi connectivity index (χ2v) is 10.9. The highest BCUT2D eigenvalue weighted by atomic mass is 16.5. The van der Waals surface area contributed by atoms with E-state index in [1.54, 1.807) is 20.3 Å². The van der Waals surface area contributed by atoms with Crippen molar-refractivity contribution in [1.29, 1.82) is 0 Å². The van der Waals surface area contributed by atoms with Crippen LogP contribution < -0.4 is 19.9 Å². The minimum Gasteiger partial charge on any atom is -0.493 e. The molecule has 2 aromatic carbocycles. The fourth-order valence-electron chi connectivity index (χ4n) is 6.34. The largest absolute Gasteiger partial charge is 0.493 e. The van der Waals surface area contributed by atoms with Crippen LogP contribution in [0.3, 0.4) is 0 Å². The Morgan fingerprint density at radius 1 is 0.975 bits per heavy atom. The molecule has 1 N–H and O–H groups in total. The maximum absolute atomic E-state index is 13.7. The van der Waals surface area contributed by atoms with Crippen LogP contribution in [0.1, 0.15) is 60.3 Å². The van der Waals surface area contributed by atoms with Crippen LogP contribution >= 0.6 is 0 Å². The van der Waals surface area contributed by atoms with E-state index in [1.807, 2.05) is 16.8 Å². The fraction of sp³-hybridized carbons (Fsp3) is 0.467. The van der Waals surface area contributed by atoms with Gasteiger partial charge in [0.25, 0.3) is 5.56 Å². The third kappa shape index (κ3) is 4.70. The molecule has 3 heterocycles. The number of aromatic amines is 1. The Balaban J connectivity index is 1.41. The van der Waals surface area contributed by atoms with E-state index in [2.05, 4.69) is 62.4 Å². The molecule has 2 fully saturated rings. The lowest BCUT2D eigenvalue weighted by Crippen LogP contribution is -2.49. The summed E-state index contributed by atoms with van der Waals surface area (Å²) < 4.78 is 13.0. The van der Waals surface area contributed by atoms with Crippen LogP contribution in [0.15, 0.2) is 41.2 Å². The topological polar surface area (TPSA) is 101 Å². The zero-order valence-corrected chi connectivity index (χ0v) is 23.7. The second-order valence-electron chi connectivity index (χ2n) is 10.9. The van der Waals surface area contributed by atoms with Crippen LogP contribution in [-0.2, 0) is 0 Å². The van der Waals surface area contributed by atoms with Gasteiger partial charge in [-0.3, -0.25) is 9.69 Å². The van der Waals surface area contributed by atoms with Gasteiger partial charge in [0, 0.05) is 48.9 Å². The number of nitrogens with zero attached hydrogens (tertiary/aromatic N) is 6. The zero-order chi connectivity index (χ0) is 27.8. The number of tetrazole rings is 1. The molecule has 0 spiro atoms. The van der Waals surface area contributed by atoms with Crippen molar-refractivity contribution in [3.8, 4) is 11.5 Å². The quantitative estimate of drug-likeness (QED) is 0.371. The number of nitrogens with one attached hydrogen (secondary N) is 1. The van der Waals surface area contributed by atoms with Gasteiger partial charge in [-0.2, -0.15) is 0 Å². The number of anilines is 1. The van der Waals surface area contributed by atoms with Crippen molar-refractivity contribution in [2.24, 2.45) is 0 Å². The second kappa shape index (κ2) is 10.9. The van der Waals surface area contributed by atoms with Crippen molar-refractivity contribution in [1.82, 2.24) is 30.1 Å². The lowest BCUT2D eigenvalue weighted by Gasteiger charge is -2.40. The van der Waals surface area contributed by atoms with E-state index in [0.717, 1.165) is 50.2 Å². The number of benzene rings is 2. The van der Waals surface area contributed by atoms with E-state index in [1.165, 1.54) is 29.7 Å². The van der Waals surface area contributed by atoms with Crippen LogP contribution in [0.25, 0.3) is 10.9 Å². The minimum atomic E-state index is -0.377. The number of fused-ring (bicyclic) bond motifs is 1. The van der Waals surface area contributed by atoms with Crippen molar-refractivity contribution in [2.75, 3.05) is 45.3 Å². The first-order chi connectivity index (χ1) is 19.5. The van der Waals surface area contributed by atoms with E-state index >= 15 is 0 Å². The molecule has 10 heteroatoms. The first-order valence-electron chi connectivity index (χ1n) is 14.1. The van der Waals surface area contributed by atoms with E-state index < -0.39 is 0 Å². The van der Waals surface area contributed by atoms with E-state index in [0.29, 0.717) is 22.6 Å². The Labute approximate surface area is 233 Å². The molecule has 1 atom stereocenters. The highest BCUT2D eigenvalue weighted by Gasteiger charge is 2.35. The van der Waals surface area contributed by atoms with Crippen molar-refractivity contribution in [3.63, 3.8) is 0 Å². The van der Waals surface area contributed by atoms with Crippen molar-refractivity contribution in [2.45, 2.75) is 51.6 Å². The Kier molecular flexibility index (Phi) is 7.18. The first kappa shape index (κ1) is 26.3. The molecule has 0 radical (unpaired) electrons. The molecule has 2 aromatic heterocycles. The van der Waals surface area contributed by atoms with Gasteiger partial charge in [-0.15, -0.1) is 5.10 Å². The lowest BCUT2D eigenvalue weighted by molar-refractivity contribution is 0.196. The number of H-pyrrole nitrogens is 1. The third-order valence-electron chi connectivity index (χ3n) is 8.70. The highest BCUT2D eigenvalue weighted by molar-refractivity contribution is 5.83. The van der Waals surface area contributed by atoms with E-state index in [4.69, 9.17) is 9.47 Å². The van der Waals surface area contributed by atoms with E-state index in [-0.39, 0.29) is 17.6 Å². The van der Waals surface area contributed by atoms with Gasteiger partial charge >= 0.3 is 0 Å². The summed E-state index contributed by atoms with van der Waals surface area (Å²) in [7, 11) is 3.21. The third-order valence-corrected chi connectivity index (χ3v) is 8.70. The molecule has 0 amide bonds. The van der Waals surface area contributed by atoms with Gasteiger partial charge in [0.2, 0.25) is 0 Å². The Morgan fingerprint density at radius 3 is 2.42 bits per heavy atom. The van der Waals surface area contributed by atoms with Gasteiger partial charge in [-0.1, -0.05) is 25.0 Å². The van der Waals surface area contributed by atoms with Gasteiger partial charge in [-0.25, -0.2) is 4.68 Å². The number of aromatic nitrogens is 5. The summed E-state index contributed by atoms with van der Waals surface area (Å²) in [4.78, 5) is 21.6. The highest BCUT2D eigenvalue weighted by Crippen LogP contribution is 2.36. The molecule has 10 nitrogen and oxygen atoms in total. The molecule has 40 heavy (non-hydrogen) atoms. The predicted molar refractivity (Wildman–Crippen MR) is 155 cm³/mol. The summed E-state index contributed by atoms with van der Waals surface area (Å²) in [6.07, 6.45) is 4.44. The Hall–Kier alpha value is -3.92. The van der Waals surface area contributed by atoms with Gasteiger partial charge in [0.15, 0.2) is 17.3 Å². The van der Waals surface area contributed by atoms with Gasteiger partial charge < -0.3 is 19.4 Å². The molecule has 1 aliphatic heterocycles. The number of rotatable bonds is 7. The smallest absolute Gasteiger partial charge is 0.253 e. The van der Waals surface area contributed by atoms with Crippen LogP contribution in [0.4, 0.5) is 5.69 Å². The number of piperazine rings is 1. The summed E-state index contributed by atoms with van der Waals surface area (Å²) in [5.74, 6) is 1.92. The first-order valence-corrected chi connectivity index (χ1v) is 14.1. The summed E-state index contributed by atoms with van der Waals surface area (Å²) in [6, 6.07) is 12.0. The molecule has 0 unspecified atom stereocenters. The van der Waals surface area contributed by atoms with Gasteiger partial charge in [0.05, 0.1) is 25.8 Å². The number of pyridine rings is 1. The molecule has 2 aliphatic rings. The fourth-order valence-corrected chi connectivity index (χ4v) is 6.34. The van der Waals surface area contributed by atoms with E-state index in [9.17, 15) is 4.79 Å². The number of aryl methyl sites for hydroxylation is 1. The summed E-state index contributed by atoms with van der Waals surface area (Å²) in [5.41, 5.74) is 5.06. The number of hydrogen-bond donors (Lipinski definition) is 1. The Bertz CT molecular complexity index is 1570. The van der Waals surface area contributed by atoms with Crippen molar-refractivity contribution < 1.29 is 9.47 Å². The van der Waals surface area contributed by atoms with Gasteiger partial charge in [-0.05, 0) is 66.4 Å². The van der Waals surface area contributed by atoms with Crippen LogP contribution in [0.2, 0.25) is 0 Å². The summed E-state index contributed by atoms with van der Waals surface area (Å²) in [6.45, 7) is 7.60. The maximum atomic E-state index is 13.7. The number of hydrogen-bond acceptors (Lipinski definition) is 8. The molecule has 1 saturated heterocycles. The summed E-state index contributed by atoms with van der Waals surface area (Å²) in [5, 5.41) is 14.0. The van der Waals surface area contributed by atoms with Crippen LogP contribution in [-0.4, -0.2) is 70.5 Å². The SMILES string of the molecule is COc1cc2cc([C@H](c3nnnn3C3CCCC3)N3CCN(c4cccc(C)c4C)CC3)c(=O)[nH]c2cc1OC. The number of methoxy groups -OCH3 is 2. The maximum Gasteiger partial charge on any atom is 0.253 e. The molecule has 1 saturated carbocycles. The average molecular weight is 544 g/mol. The zero-order valence-electron chi connectivity index (χ0n) is 23.7. The van der Waals surface area contributed by atoms with Crippen LogP contribution in [0.5, 0.6) is 11.5 Å². The predicted octanol–water partition coefficient (Wildman–Crippen LogP) is 4.18. The molecular weight excluding hydrogens is 506 g/mol.